The molecule has 0 saturated heterocycles. The minimum absolute atomic E-state index is 0. The first-order valence-corrected chi connectivity index (χ1v) is 5.45. The lowest BCUT2D eigenvalue weighted by Gasteiger charge is -1.92. The van der Waals surface area contributed by atoms with Gasteiger partial charge in [-0.2, -0.15) is 16.8 Å². The van der Waals surface area contributed by atoms with Gasteiger partial charge >= 0.3 is 0 Å². The monoisotopic (exact) mass is 192 g/mol. The van der Waals surface area contributed by atoms with Gasteiger partial charge in [0.2, 0.25) is 0 Å². The molecule has 0 radical (unpaired) electrons. The van der Waals surface area contributed by atoms with Crippen LogP contribution in [0.5, 0.6) is 0 Å². The Kier molecular flexibility index (Phi) is 4.10. The minimum atomic E-state index is -3.87. The fourth-order valence-electron chi connectivity index (χ4n) is 0.225. The maximum Gasteiger partial charge on any atom is 0.278 e. The molecule has 0 spiro atoms. The molecular formula is C2H8O6S2. The third-order valence-electron chi connectivity index (χ3n) is 0.247. The van der Waals surface area contributed by atoms with Gasteiger partial charge in [-0.15, -0.1) is 3.63 Å². The van der Waals surface area contributed by atoms with Crippen LogP contribution in [-0.2, 0) is 23.9 Å². The van der Waals surface area contributed by atoms with E-state index in [1.807, 2.05) is 0 Å². The van der Waals surface area contributed by atoms with Crippen LogP contribution in [0.15, 0.2) is 0 Å². The highest BCUT2D eigenvalue weighted by Crippen LogP contribution is 1.92. The summed E-state index contributed by atoms with van der Waals surface area (Å²) < 4.78 is 43.8. The van der Waals surface area contributed by atoms with Crippen molar-refractivity contribution in [1.29, 1.82) is 0 Å². The lowest BCUT2D eigenvalue weighted by molar-refractivity contribution is 0.471. The van der Waals surface area contributed by atoms with E-state index in [0.29, 0.717) is 12.5 Å². The van der Waals surface area contributed by atoms with Crippen molar-refractivity contribution < 1.29 is 25.9 Å². The van der Waals surface area contributed by atoms with Gasteiger partial charge in [0, 0.05) is 0 Å². The van der Waals surface area contributed by atoms with E-state index in [4.69, 9.17) is 0 Å². The summed E-state index contributed by atoms with van der Waals surface area (Å²) in [5, 5.41) is 0. The molecule has 6 nitrogen and oxygen atoms in total. The zero-order chi connectivity index (χ0) is 7.71. The Morgan fingerprint density at radius 1 is 0.900 bits per heavy atom. The molecule has 0 saturated carbocycles. The summed E-state index contributed by atoms with van der Waals surface area (Å²) in [6.45, 7) is 0. The van der Waals surface area contributed by atoms with Crippen molar-refractivity contribution in [2.75, 3.05) is 12.5 Å². The van der Waals surface area contributed by atoms with Crippen molar-refractivity contribution in [2.45, 2.75) is 0 Å². The lowest BCUT2D eigenvalue weighted by atomic mass is 12.0. The predicted molar refractivity (Wildman–Crippen MR) is 34.4 cm³/mol. The second kappa shape index (κ2) is 3.28. The molecule has 8 heteroatoms. The van der Waals surface area contributed by atoms with Crippen LogP contribution in [0.3, 0.4) is 0 Å². The molecule has 64 valence electrons. The average molecular weight is 192 g/mol. The highest BCUT2D eigenvalue weighted by atomic mass is 32.3. The molecule has 0 amide bonds. The molecule has 2 N–H and O–H groups in total. The number of hydrogen-bond donors (Lipinski definition) is 0. The first kappa shape index (κ1) is 12.5. The summed E-state index contributed by atoms with van der Waals surface area (Å²) in [7, 11) is -7.74. The lowest BCUT2D eigenvalue weighted by Crippen LogP contribution is -2.09. The van der Waals surface area contributed by atoms with E-state index in [1.165, 1.54) is 0 Å². The Balaban J connectivity index is 0. The standard InChI is InChI=1S/C2H6O5S2.H2O/c1-8(3,4)7-9(2,5)6;/h1-2H3;1H2. The van der Waals surface area contributed by atoms with Crippen molar-refractivity contribution >= 4 is 20.2 Å². The molecule has 0 aromatic rings. The summed E-state index contributed by atoms with van der Waals surface area (Å²) in [5.41, 5.74) is 0. The van der Waals surface area contributed by atoms with Crippen LogP contribution in [0.1, 0.15) is 0 Å². The molecule has 0 aliphatic carbocycles. The van der Waals surface area contributed by atoms with Crippen molar-refractivity contribution in [2.24, 2.45) is 0 Å². The van der Waals surface area contributed by atoms with Crippen LogP contribution in [0.2, 0.25) is 0 Å². The molecule has 0 fully saturated rings. The van der Waals surface area contributed by atoms with Gasteiger partial charge in [0.25, 0.3) is 20.2 Å². The third-order valence-corrected chi connectivity index (χ3v) is 2.22. The molecule has 0 aliphatic heterocycles. The first-order valence-electron chi connectivity index (χ1n) is 1.82. The quantitative estimate of drug-likeness (QED) is 0.507. The Morgan fingerprint density at radius 3 is 1.10 bits per heavy atom. The van der Waals surface area contributed by atoms with Crippen LogP contribution in [0.25, 0.3) is 0 Å². The van der Waals surface area contributed by atoms with Crippen molar-refractivity contribution in [3.63, 3.8) is 0 Å². The van der Waals surface area contributed by atoms with Crippen LogP contribution in [0.4, 0.5) is 0 Å². The Hall–Kier alpha value is -0.180. The van der Waals surface area contributed by atoms with Gasteiger partial charge in [0.15, 0.2) is 0 Å². The fourth-order valence-corrected chi connectivity index (χ4v) is 2.02. The van der Waals surface area contributed by atoms with Gasteiger partial charge in [-0.05, 0) is 0 Å². The van der Waals surface area contributed by atoms with E-state index < -0.39 is 20.2 Å². The van der Waals surface area contributed by atoms with E-state index in [1.54, 1.807) is 0 Å². The number of rotatable bonds is 2. The van der Waals surface area contributed by atoms with E-state index in [9.17, 15) is 16.8 Å². The molecule has 0 heterocycles. The van der Waals surface area contributed by atoms with Gasteiger partial charge in [0.1, 0.15) is 0 Å². The Labute approximate surface area is 59.4 Å². The first-order chi connectivity index (χ1) is 3.71. The predicted octanol–water partition coefficient (Wildman–Crippen LogP) is -1.90. The van der Waals surface area contributed by atoms with E-state index in [-0.39, 0.29) is 5.48 Å². The van der Waals surface area contributed by atoms with E-state index in [0.717, 1.165) is 0 Å². The van der Waals surface area contributed by atoms with Gasteiger partial charge in [-0.25, -0.2) is 0 Å². The molecule has 0 bridgehead atoms. The smallest absolute Gasteiger partial charge is 0.278 e. The molecule has 0 unspecified atom stereocenters. The normalized spacial score (nSPS) is 12.2. The van der Waals surface area contributed by atoms with Crippen LogP contribution in [-0.4, -0.2) is 34.8 Å². The highest BCUT2D eigenvalue weighted by molar-refractivity contribution is 7.99. The van der Waals surface area contributed by atoms with Crippen LogP contribution < -0.4 is 0 Å². The van der Waals surface area contributed by atoms with Gasteiger partial charge in [-0.1, -0.05) is 0 Å². The average Bonchev–Trinajstić information content (AvgIpc) is 1.14. The summed E-state index contributed by atoms with van der Waals surface area (Å²) in [4.78, 5) is 0. The largest absolute Gasteiger partial charge is 0.412 e. The van der Waals surface area contributed by atoms with Crippen LogP contribution in [0, 0.1) is 0 Å². The molecule has 0 rings (SSSR count). The summed E-state index contributed by atoms with van der Waals surface area (Å²) in [6.07, 6.45) is 1.32. The topological polar surface area (TPSA) is 109 Å². The second-order valence-corrected chi connectivity index (χ2v) is 4.84. The fraction of sp³-hybridized carbons (Fsp3) is 1.00. The molecule has 0 aliphatic rings. The molecule has 10 heavy (non-hydrogen) atoms. The maximum absolute atomic E-state index is 10.0. The van der Waals surface area contributed by atoms with Crippen molar-refractivity contribution in [3.8, 4) is 0 Å². The minimum Gasteiger partial charge on any atom is -0.412 e. The van der Waals surface area contributed by atoms with Crippen molar-refractivity contribution in [1.82, 2.24) is 0 Å². The molecule has 0 atom stereocenters. The molecule has 0 aromatic carbocycles. The zero-order valence-electron chi connectivity index (χ0n) is 5.36. The number of hydrogen-bond acceptors (Lipinski definition) is 5. The second-order valence-electron chi connectivity index (χ2n) is 1.48. The Morgan fingerprint density at radius 2 is 1.10 bits per heavy atom. The van der Waals surface area contributed by atoms with Gasteiger partial charge in [0.05, 0.1) is 12.5 Å². The zero-order valence-corrected chi connectivity index (χ0v) is 6.99. The van der Waals surface area contributed by atoms with E-state index in [2.05, 4.69) is 3.63 Å². The SMILES string of the molecule is CS(=O)(=O)OS(C)(=O)=O.O. The Bertz CT molecular complexity index is 239. The summed E-state index contributed by atoms with van der Waals surface area (Å²) in [6, 6.07) is 0. The maximum atomic E-state index is 10.0. The molecular weight excluding hydrogens is 184 g/mol. The van der Waals surface area contributed by atoms with Crippen molar-refractivity contribution in [3.05, 3.63) is 0 Å². The van der Waals surface area contributed by atoms with Gasteiger partial charge < -0.3 is 5.48 Å². The molecule has 0 aromatic heterocycles. The van der Waals surface area contributed by atoms with Crippen LogP contribution >= 0.6 is 0 Å². The third kappa shape index (κ3) is 10.7. The summed E-state index contributed by atoms with van der Waals surface area (Å²) in [5.74, 6) is 0. The van der Waals surface area contributed by atoms with E-state index >= 15 is 0 Å². The van der Waals surface area contributed by atoms with Gasteiger partial charge in [-0.3, -0.25) is 0 Å². The highest BCUT2D eigenvalue weighted by Gasteiger charge is 2.10. The summed E-state index contributed by atoms with van der Waals surface area (Å²) >= 11 is 0.